The predicted octanol–water partition coefficient (Wildman–Crippen LogP) is 9.41. The monoisotopic (exact) mass is 546 g/mol. The van der Waals surface area contributed by atoms with Crippen LogP contribution in [0.5, 0.6) is 0 Å². The summed E-state index contributed by atoms with van der Waals surface area (Å²) in [6, 6.07) is 12.5. The summed E-state index contributed by atoms with van der Waals surface area (Å²) >= 11 is 2.96. The highest BCUT2D eigenvalue weighted by molar-refractivity contribution is 7.25. The number of thiazole rings is 2. The van der Waals surface area contributed by atoms with Crippen LogP contribution in [0.3, 0.4) is 0 Å². The zero-order valence-electron chi connectivity index (χ0n) is 22.8. The Morgan fingerprint density at radius 2 is 1.00 bits per heavy atom. The van der Waals surface area contributed by atoms with Crippen molar-refractivity contribution in [1.82, 2.24) is 9.97 Å². The predicted molar refractivity (Wildman–Crippen MR) is 161 cm³/mol. The van der Waals surface area contributed by atoms with Crippen molar-refractivity contribution in [2.45, 2.75) is 41.5 Å². The van der Waals surface area contributed by atoms with Gasteiger partial charge in [-0.05, 0) is 89.1 Å². The number of hydrogen-bond donors (Lipinski definition) is 0. The molecule has 38 heavy (non-hydrogen) atoms. The highest BCUT2D eigenvalue weighted by atomic mass is 32.1. The topological polar surface area (TPSA) is 81.7 Å². The van der Waals surface area contributed by atoms with Crippen molar-refractivity contribution < 1.29 is 0 Å². The first-order valence-corrected chi connectivity index (χ1v) is 14.6. The number of hydrogen-bond acceptors (Lipinski definition) is 10. The van der Waals surface area contributed by atoms with Gasteiger partial charge in [0.25, 0.3) is 0 Å². The lowest BCUT2D eigenvalue weighted by atomic mass is 10.1. The zero-order chi connectivity index (χ0) is 27.1. The van der Waals surface area contributed by atoms with Crippen molar-refractivity contribution in [3.8, 4) is 9.75 Å². The number of anilines is 2. The van der Waals surface area contributed by atoms with Crippen LogP contribution in [-0.2, 0) is 0 Å². The average Bonchev–Trinajstić information content (AvgIpc) is 3.59. The third-order valence-corrected chi connectivity index (χ3v) is 8.29. The molecule has 198 valence electrons. The van der Waals surface area contributed by atoms with Crippen LogP contribution in [0.25, 0.3) is 9.75 Å². The van der Waals surface area contributed by atoms with Gasteiger partial charge in [-0.25, -0.2) is 9.97 Å². The second-order valence-corrected chi connectivity index (χ2v) is 10.7. The van der Waals surface area contributed by atoms with E-state index in [9.17, 15) is 0 Å². The number of azo groups is 2. The van der Waals surface area contributed by atoms with Gasteiger partial charge in [-0.15, -0.1) is 20.5 Å². The van der Waals surface area contributed by atoms with E-state index in [-0.39, 0.29) is 0 Å². The molecule has 0 radical (unpaired) electrons. The normalized spacial score (nSPS) is 11.6. The fourth-order valence-corrected chi connectivity index (χ4v) is 5.65. The Balaban J connectivity index is 1.43. The number of aryl methyl sites for hydroxylation is 2. The maximum absolute atomic E-state index is 4.45. The minimum absolute atomic E-state index is 0.604. The third-order valence-electron chi connectivity index (χ3n) is 6.33. The Morgan fingerprint density at radius 1 is 0.605 bits per heavy atom. The maximum Gasteiger partial charge on any atom is 0.230 e. The first-order valence-electron chi connectivity index (χ1n) is 12.9. The van der Waals surface area contributed by atoms with Gasteiger partial charge in [-0.2, -0.15) is 0 Å². The van der Waals surface area contributed by atoms with Crippen LogP contribution >= 0.6 is 22.7 Å². The third kappa shape index (κ3) is 6.49. The van der Waals surface area contributed by atoms with E-state index >= 15 is 0 Å². The standard InChI is InChI=1S/C28H34N8S2/c1-7-35(8-2)21-11-13-23(19(5)15-21)31-33-27-29-17-25(37-27)26-18-30-28(38-26)34-32-24-14-12-22(16-20(24)6)36(9-3)10-4/h11-18H,7-10H2,1-6H3/b33-31+,34-32+. The van der Waals surface area contributed by atoms with Crippen LogP contribution < -0.4 is 9.80 Å². The second kappa shape index (κ2) is 12.8. The van der Waals surface area contributed by atoms with Crippen molar-refractivity contribution in [3.63, 3.8) is 0 Å². The van der Waals surface area contributed by atoms with Gasteiger partial charge in [0.05, 0.1) is 21.1 Å². The molecule has 0 unspecified atom stereocenters. The summed E-state index contributed by atoms with van der Waals surface area (Å²) in [5.41, 5.74) is 6.27. The number of benzene rings is 2. The molecule has 0 fully saturated rings. The van der Waals surface area contributed by atoms with Crippen molar-refractivity contribution >= 4 is 55.7 Å². The lowest BCUT2D eigenvalue weighted by Gasteiger charge is -2.21. The minimum atomic E-state index is 0.604. The summed E-state index contributed by atoms with van der Waals surface area (Å²) in [5, 5.41) is 18.9. The molecule has 0 saturated carbocycles. The molecule has 4 aromatic rings. The molecule has 4 rings (SSSR count). The van der Waals surface area contributed by atoms with E-state index in [1.807, 2.05) is 12.1 Å². The van der Waals surface area contributed by atoms with Gasteiger partial charge in [0.1, 0.15) is 0 Å². The van der Waals surface area contributed by atoms with Gasteiger partial charge in [-0.1, -0.05) is 22.7 Å². The molecule has 2 aromatic carbocycles. The van der Waals surface area contributed by atoms with E-state index in [4.69, 9.17) is 0 Å². The van der Waals surface area contributed by atoms with Crippen molar-refractivity contribution in [3.05, 3.63) is 59.9 Å². The van der Waals surface area contributed by atoms with Crippen LogP contribution in [0.15, 0.2) is 69.2 Å². The molecule has 2 heterocycles. The van der Waals surface area contributed by atoms with Gasteiger partial charge < -0.3 is 9.80 Å². The van der Waals surface area contributed by atoms with Crippen LogP contribution in [0.2, 0.25) is 0 Å². The van der Waals surface area contributed by atoms with Gasteiger partial charge >= 0.3 is 0 Å². The molecule has 0 aliphatic heterocycles. The van der Waals surface area contributed by atoms with Crippen molar-refractivity contribution in [1.29, 1.82) is 0 Å². The molecule has 0 spiro atoms. The molecular weight excluding hydrogens is 512 g/mol. The van der Waals surface area contributed by atoms with Crippen LogP contribution in [-0.4, -0.2) is 36.1 Å². The summed E-state index contributed by atoms with van der Waals surface area (Å²) < 4.78 is 0. The number of rotatable bonds is 11. The first-order chi connectivity index (χ1) is 18.4. The van der Waals surface area contributed by atoms with E-state index < -0.39 is 0 Å². The molecule has 0 aliphatic rings. The van der Waals surface area contributed by atoms with Gasteiger partial charge in [-0.3, -0.25) is 0 Å². The molecular formula is C28H34N8S2. The highest BCUT2D eigenvalue weighted by Crippen LogP contribution is 2.38. The Hall–Kier alpha value is -3.50. The van der Waals surface area contributed by atoms with Crippen LogP contribution in [0, 0.1) is 13.8 Å². The quantitative estimate of drug-likeness (QED) is 0.175. The lowest BCUT2D eigenvalue weighted by Crippen LogP contribution is -2.21. The van der Waals surface area contributed by atoms with Crippen molar-refractivity contribution in [2.24, 2.45) is 20.5 Å². The number of nitrogens with zero attached hydrogens (tertiary/aromatic N) is 8. The summed E-state index contributed by atoms with van der Waals surface area (Å²) in [6.07, 6.45) is 3.61. The van der Waals surface area contributed by atoms with E-state index in [0.717, 1.165) is 58.4 Å². The Labute approximate surface area is 232 Å². The summed E-state index contributed by atoms with van der Waals surface area (Å²) in [7, 11) is 0. The van der Waals surface area contributed by atoms with E-state index in [1.54, 1.807) is 12.4 Å². The zero-order valence-corrected chi connectivity index (χ0v) is 24.5. The fourth-order valence-electron chi connectivity index (χ4n) is 4.12. The molecule has 10 heteroatoms. The van der Waals surface area contributed by atoms with Gasteiger partial charge in [0.2, 0.25) is 10.3 Å². The highest BCUT2D eigenvalue weighted by Gasteiger charge is 2.10. The Kier molecular flexibility index (Phi) is 9.30. The fraction of sp³-hybridized carbons (Fsp3) is 0.357. The van der Waals surface area contributed by atoms with E-state index in [1.165, 1.54) is 34.0 Å². The second-order valence-electron chi connectivity index (χ2n) is 8.70. The largest absolute Gasteiger partial charge is 0.372 e. The molecule has 0 bridgehead atoms. The minimum Gasteiger partial charge on any atom is -0.372 e. The molecule has 0 amide bonds. The molecule has 8 nitrogen and oxygen atoms in total. The molecule has 0 saturated heterocycles. The molecule has 0 aliphatic carbocycles. The van der Waals surface area contributed by atoms with E-state index in [0.29, 0.717) is 10.3 Å². The van der Waals surface area contributed by atoms with Crippen LogP contribution in [0.4, 0.5) is 33.0 Å². The summed E-state index contributed by atoms with van der Waals surface area (Å²) in [6.45, 7) is 16.7. The molecule has 2 aromatic heterocycles. The van der Waals surface area contributed by atoms with Crippen LogP contribution in [0.1, 0.15) is 38.8 Å². The first kappa shape index (κ1) is 27.5. The molecule has 0 atom stereocenters. The SMILES string of the molecule is CCN(CC)c1ccc(/N=N/c2ncc(-c3cnc(/N=N/c4ccc(N(CC)CC)cc4C)s3)s2)c(C)c1. The lowest BCUT2D eigenvalue weighted by molar-refractivity contribution is 0.865. The maximum atomic E-state index is 4.45. The van der Waals surface area contributed by atoms with Gasteiger partial charge in [0, 0.05) is 49.9 Å². The smallest absolute Gasteiger partial charge is 0.230 e. The summed E-state index contributed by atoms with van der Waals surface area (Å²) in [5.74, 6) is 0. The molecule has 0 N–H and O–H groups in total. The Bertz CT molecular complexity index is 1310. The number of aromatic nitrogens is 2. The Morgan fingerprint density at radius 3 is 1.34 bits per heavy atom. The average molecular weight is 547 g/mol. The summed E-state index contributed by atoms with van der Waals surface area (Å²) in [4.78, 5) is 15.4. The van der Waals surface area contributed by atoms with Crippen molar-refractivity contribution in [2.75, 3.05) is 36.0 Å². The van der Waals surface area contributed by atoms with Gasteiger partial charge in [0.15, 0.2) is 0 Å². The van der Waals surface area contributed by atoms with E-state index in [2.05, 4.69) is 106 Å².